The summed E-state index contributed by atoms with van der Waals surface area (Å²) in [5.41, 5.74) is 2.34. The number of alkyl halides is 3. The molecule has 30 heavy (non-hydrogen) atoms. The summed E-state index contributed by atoms with van der Waals surface area (Å²) >= 11 is 0. The predicted molar refractivity (Wildman–Crippen MR) is 107 cm³/mol. The average molecular weight is 413 g/mol. The Bertz CT molecular complexity index is 977. The van der Waals surface area contributed by atoms with Crippen molar-refractivity contribution >= 4 is 11.7 Å². The van der Waals surface area contributed by atoms with Gasteiger partial charge in [0.15, 0.2) is 6.04 Å². The van der Waals surface area contributed by atoms with Crippen LogP contribution < -0.4 is 4.74 Å². The van der Waals surface area contributed by atoms with E-state index in [1.54, 1.807) is 6.07 Å². The molecule has 0 aliphatic heterocycles. The van der Waals surface area contributed by atoms with Gasteiger partial charge in [-0.15, -0.1) is 13.2 Å². The molecule has 0 aliphatic rings. The van der Waals surface area contributed by atoms with E-state index < -0.39 is 24.1 Å². The molecule has 0 saturated carbocycles. The van der Waals surface area contributed by atoms with Crippen molar-refractivity contribution in [1.29, 1.82) is 0 Å². The van der Waals surface area contributed by atoms with Crippen LogP contribution in [0.4, 0.5) is 13.2 Å². The summed E-state index contributed by atoms with van der Waals surface area (Å²) in [4.78, 5) is 16.4. The molecule has 0 aromatic heterocycles. The fraction of sp³-hybridized carbons (Fsp3) is 0.130. The molecule has 3 rings (SSSR count). The lowest BCUT2D eigenvalue weighted by atomic mass is 10.0. The maximum Gasteiger partial charge on any atom is 0.573 e. The summed E-state index contributed by atoms with van der Waals surface area (Å²) in [5.74, 6) is -1.58. The Kier molecular flexibility index (Phi) is 6.51. The average Bonchev–Trinajstić information content (AvgIpc) is 2.71. The molecular weight excluding hydrogens is 395 g/mol. The number of ether oxygens (including phenoxy) is 1. The second kappa shape index (κ2) is 9.26. The standard InChI is InChI=1S/C23H18F3NO3/c24-23(25,26)30-19-13-7-8-16(14-19)15-20(22(28)29)27-21(17-9-3-1-4-10-17)18-11-5-2-6-12-18/h1-14,20H,15H2,(H,28,29)/t20-/m0/s1. The Balaban J connectivity index is 1.96. The van der Waals surface area contributed by atoms with Crippen molar-refractivity contribution in [3.05, 3.63) is 102 Å². The fourth-order valence-electron chi connectivity index (χ4n) is 2.94. The van der Waals surface area contributed by atoms with Crippen LogP contribution in [0.1, 0.15) is 16.7 Å². The SMILES string of the molecule is O=C(O)[C@H](Cc1cccc(OC(F)(F)F)c1)N=C(c1ccccc1)c1ccccc1. The van der Waals surface area contributed by atoms with Crippen LogP contribution in [0.15, 0.2) is 89.9 Å². The predicted octanol–water partition coefficient (Wildman–Crippen LogP) is 5.12. The molecule has 0 saturated heterocycles. The van der Waals surface area contributed by atoms with Crippen LogP contribution in [-0.2, 0) is 11.2 Å². The van der Waals surface area contributed by atoms with Crippen LogP contribution >= 0.6 is 0 Å². The van der Waals surface area contributed by atoms with Gasteiger partial charge in [-0.25, -0.2) is 4.79 Å². The van der Waals surface area contributed by atoms with Crippen molar-refractivity contribution in [2.75, 3.05) is 0 Å². The number of carbonyl (C=O) groups is 1. The second-order valence-electron chi connectivity index (χ2n) is 6.46. The summed E-state index contributed by atoms with van der Waals surface area (Å²) in [6, 6.07) is 22.3. The molecule has 0 spiro atoms. The Morgan fingerprint density at radius 1 is 0.900 bits per heavy atom. The molecule has 0 radical (unpaired) electrons. The lowest BCUT2D eigenvalue weighted by Gasteiger charge is -2.14. The summed E-state index contributed by atoms with van der Waals surface area (Å²) in [7, 11) is 0. The van der Waals surface area contributed by atoms with Gasteiger partial charge in [0.25, 0.3) is 0 Å². The maximum absolute atomic E-state index is 12.5. The molecule has 7 heteroatoms. The number of halogens is 3. The summed E-state index contributed by atoms with van der Waals surface area (Å²) in [5, 5.41) is 9.71. The van der Waals surface area contributed by atoms with E-state index in [2.05, 4.69) is 9.73 Å². The van der Waals surface area contributed by atoms with Crippen molar-refractivity contribution < 1.29 is 27.8 Å². The van der Waals surface area contributed by atoms with Gasteiger partial charge in [0.2, 0.25) is 0 Å². The van der Waals surface area contributed by atoms with Gasteiger partial charge in [-0.05, 0) is 17.7 Å². The van der Waals surface area contributed by atoms with Gasteiger partial charge in [-0.1, -0.05) is 72.8 Å². The number of hydrogen-bond donors (Lipinski definition) is 1. The van der Waals surface area contributed by atoms with Crippen molar-refractivity contribution in [3.8, 4) is 5.75 Å². The Hall–Kier alpha value is -3.61. The van der Waals surface area contributed by atoms with Gasteiger partial charge in [0.1, 0.15) is 5.75 Å². The minimum Gasteiger partial charge on any atom is -0.480 e. The summed E-state index contributed by atoms with van der Waals surface area (Å²) < 4.78 is 41.3. The molecule has 4 nitrogen and oxygen atoms in total. The van der Waals surface area contributed by atoms with Gasteiger partial charge in [0, 0.05) is 17.5 Å². The third kappa shape index (κ3) is 5.94. The van der Waals surface area contributed by atoms with Crippen molar-refractivity contribution in [2.45, 2.75) is 18.8 Å². The second-order valence-corrected chi connectivity index (χ2v) is 6.46. The van der Waals surface area contributed by atoms with Crippen molar-refractivity contribution in [1.82, 2.24) is 0 Å². The zero-order valence-electron chi connectivity index (χ0n) is 15.7. The number of benzene rings is 3. The Labute approximate surface area is 171 Å². The van der Waals surface area contributed by atoms with E-state index in [0.29, 0.717) is 11.3 Å². The van der Waals surface area contributed by atoms with E-state index in [-0.39, 0.29) is 6.42 Å². The van der Waals surface area contributed by atoms with E-state index >= 15 is 0 Å². The minimum atomic E-state index is -4.82. The molecule has 3 aromatic carbocycles. The quantitative estimate of drug-likeness (QED) is 0.547. The van der Waals surface area contributed by atoms with Crippen LogP contribution in [0.25, 0.3) is 0 Å². The number of aliphatic imine (C=N–C) groups is 1. The molecule has 0 fully saturated rings. The van der Waals surface area contributed by atoms with Crippen LogP contribution in [0, 0.1) is 0 Å². The van der Waals surface area contributed by atoms with Gasteiger partial charge >= 0.3 is 12.3 Å². The molecule has 154 valence electrons. The normalized spacial score (nSPS) is 12.1. The number of rotatable bonds is 7. The lowest BCUT2D eigenvalue weighted by Crippen LogP contribution is -2.23. The first-order chi connectivity index (χ1) is 14.3. The lowest BCUT2D eigenvalue weighted by molar-refractivity contribution is -0.274. The third-order valence-electron chi connectivity index (χ3n) is 4.23. The van der Waals surface area contributed by atoms with Gasteiger partial charge in [0.05, 0.1) is 5.71 Å². The van der Waals surface area contributed by atoms with Crippen molar-refractivity contribution in [2.24, 2.45) is 4.99 Å². The maximum atomic E-state index is 12.5. The first-order valence-corrected chi connectivity index (χ1v) is 9.08. The summed E-state index contributed by atoms with van der Waals surface area (Å²) in [6.07, 6.45) is -4.91. The first kappa shape index (κ1) is 21.1. The number of nitrogens with zero attached hydrogens (tertiary/aromatic N) is 1. The number of carboxylic acid groups (broad SMARTS) is 1. The monoisotopic (exact) mass is 413 g/mol. The molecule has 3 aromatic rings. The topological polar surface area (TPSA) is 58.9 Å². The van der Waals surface area contributed by atoms with E-state index in [1.165, 1.54) is 12.1 Å². The smallest absolute Gasteiger partial charge is 0.480 e. The molecular formula is C23H18F3NO3. The fourth-order valence-corrected chi connectivity index (χ4v) is 2.94. The van der Waals surface area contributed by atoms with Crippen LogP contribution in [0.3, 0.4) is 0 Å². The van der Waals surface area contributed by atoms with Gasteiger partial charge in [-0.3, -0.25) is 4.99 Å². The van der Waals surface area contributed by atoms with Crippen LogP contribution in [-0.4, -0.2) is 29.2 Å². The zero-order valence-corrected chi connectivity index (χ0v) is 15.7. The molecule has 1 N–H and O–H groups in total. The Morgan fingerprint density at radius 2 is 1.47 bits per heavy atom. The number of carboxylic acids is 1. The number of aliphatic carboxylic acids is 1. The zero-order chi connectivity index (χ0) is 21.6. The van der Waals surface area contributed by atoms with E-state index in [9.17, 15) is 23.1 Å². The highest BCUT2D eigenvalue weighted by atomic mass is 19.4. The molecule has 0 heterocycles. The molecule has 0 amide bonds. The highest BCUT2D eigenvalue weighted by Crippen LogP contribution is 2.24. The molecule has 0 unspecified atom stereocenters. The number of hydrogen-bond acceptors (Lipinski definition) is 3. The highest BCUT2D eigenvalue weighted by Gasteiger charge is 2.31. The first-order valence-electron chi connectivity index (χ1n) is 9.08. The van der Waals surface area contributed by atoms with Crippen molar-refractivity contribution in [3.63, 3.8) is 0 Å². The van der Waals surface area contributed by atoms with E-state index in [4.69, 9.17) is 0 Å². The minimum absolute atomic E-state index is 0.0897. The Morgan fingerprint density at radius 3 is 1.97 bits per heavy atom. The molecule has 1 atom stereocenters. The van der Waals surface area contributed by atoms with E-state index in [1.807, 2.05) is 60.7 Å². The molecule has 0 bridgehead atoms. The molecule has 0 aliphatic carbocycles. The van der Waals surface area contributed by atoms with Gasteiger partial charge in [-0.2, -0.15) is 0 Å². The third-order valence-corrected chi connectivity index (χ3v) is 4.23. The largest absolute Gasteiger partial charge is 0.573 e. The highest BCUT2D eigenvalue weighted by molar-refractivity contribution is 6.13. The van der Waals surface area contributed by atoms with Gasteiger partial charge < -0.3 is 9.84 Å². The van der Waals surface area contributed by atoms with Crippen LogP contribution in [0.5, 0.6) is 5.75 Å². The van der Waals surface area contributed by atoms with Crippen LogP contribution in [0.2, 0.25) is 0 Å². The summed E-state index contributed by atoms with van der Waals surface area (Å²) in [6.45, 7) is 0. The van der Waals surface area contributed by atoms with E-state index in [0.717, 1.165) is 17.2 Å².